The van der Waals surface area contributed by atoms with Crippen molar-refractivity contribution in [1.29, 1.82) is 0 Å². The topological polar surface area (TPSA) is 62.7 Å². The summed E-state index contributed by atoms with van der Waals surface area (Å²) in [6.45, 7) is 0.749. The predicted molar refractivity (Wildman–Crippen MR) is 106 cm³/mol. The summed E-state index contributed by atoms with van der Waals surface area (Å²) < 4.78 is 5.75. The van der Waals surface area contributed by atoms with Gasteiger partial charge >= 0.3 is 6.09 Å². The molecule has 0 unspecified atom stereocenters. The van der Waals surface area contributed by atoms with E-state index in [0.717, 1.165) is 11.4 Å². The number of aromatic nitrogens is 1. The van der Waals surface area contributed by atoms with Gasteiger partial charge < -0.3 is 9.84 Å². The van der Waals surface area contributed by atoms with Crippen LogP contribution in [0.2, 0.25) is 0 Å². The summed E-state index contributed by atoms with van der Waals surface area (Å²) in [5, 5.41) is 9.35. The Bertz CT molecular complexity index is 1020. The molecule has 1 N–H and O–H groups in total. The van der Waals surface area contributed by atoms with Gasteiger partial charge in [-0.3, -0.25) is 9.88 Å². The Morgan fingerprint density at radius 1 is 1.11 bits per heavy atom. The van der Waals surface area contributed by atoms with Crippen LogP contribution in [0.3, 0.4) is 0 Å². The second-order valence-electron chi connectivity index (χ2n) is 7.17. The van der Waals surface area contributed by atoms with Gasteiger partial charge in [0.05, 0.1) is 18.0 Å². The van der Waals surface area contributed by atoms with Crippen molar-refractivity contribution in [3.05, 3.63) is 83.2 Å². The van der Waals surface area contributed by atoms with Crippen molar-refractivity contribution in [3.63, 3.8) is 0 Å². The Morgan fingerprint density at radius 2 is 1.79 bits per heavy atom. The van der Waals surface area contributed by atoms with Crippen molar-refractivity contribution < 1.29 is 14.6 Å². The van der Waals surface area contributed by atoms with Gasteiger partial charge in [-0.05, 0) is 33.9 Å². The number of carbonyl (C=O) groups is 1. The molecule has 1 aliphatic carbocycles. The van der Waals surface area contributed by atoms with Crippen molar-refractivity contribution in [2.24, 2.45) is 0 Å². The van der Waals surface area contributed by atoms with E-state index in [4.69, 9.17) is 4.74 Å². The Morgan fingerprint density at radius 3 is 2.46 bits per heavy atom. The second-order valence-corrected chi connectivity index (χ2v) is 7.17. The van der Waals surface area contributed by atoms with E-state index in [0.29, 0.717) is 25.1 Å². The first kappa shape index (κ1) is 17.0. The number of rotatable bonds is 3. The second kappa shape index (κ2) is 6.77. The lowest BCUT2D eigenvalue weighted by Gasteiger charge is -2.20. The fraction of sp³-hybridized carbons (Fsp3) is 0.217. The molecule has 28 heavy (non-hydrogen) atoms. The number of anilines is 1. The molecule has 5 heteroatoms. The molecule has 5 nitrogen and oxygen atoms in total. The molecule has 2 aromatic carbocycles. The largest absolute Gasteiger partial charge is 0.448 e. The summed E-state index contributed by atoms with van der Waals surface area (Å²) in [7, 11) is 0. The smallest absolute Gasteiger partial charge is 0.414 e. The summed E-state index contributed by atoms with van der Waals surface area (Å²) in [4.78, 5) is 18.8. The molecule has 0 spiro atoms. The maximum atomic E-state index is 12.8. The molecule has 0 radical (unpaired) electrons. The lowest BCUT2D eigenvalue weighted by molar-refractivity contribution is 0.151. The number of aliphatic hydroxyl groups is 1. The van der Waals surface area contributed by atoms with E-state index < -0.39 is 0 Å². The number of carbonyl (C=O) groups excluding carboxylic acids is 1. The molecule has 0 atom stereocenters. The summed E-state index contributed by atoms with van der Waals surface area (Å²) >= 11 is 0. The van der Waals surface area contributed by atoms with Gasteiger partial charge in [0.15, 0.2) is 0 Å². The number of aliphatic hydroxyl groups excluding tert-OH is 1. The highest BCUT2D eigenvalue weighted by Gasteiger charge is 2.31. The molecule has 0 fully saturated rings. The van der Waals surface area contributed by atoms with E-state index in [-0.39, 0.29) is 18.6 Å². The van der Waals surface area contributed by atoms with Gasteiger partial charge in [-0.25, -0.2) is 4.79 Å². The Kier molecular flexibility index (Phi) is 4.10. The fourth-order valence-electron chi connectivity index (χ4n) is 4.24. The molecule has 2 heterocycles. The van der Waals surface area contributed by atoms with Gasteiger partial charge in [-0.1, -0.05) is 48.5 Å². The molecule has 0 bridgehead atoms. The highest BCUT2D eigenvalue weighted by atomic mass is 16.6. The number of hydrogen-bond acceptors (Lipinski definition) is 4. The molecule has 1 aliphatic heterocycles. The minimum Gasteiger partial charge on any atom is -0.448 e. The van der Waals surface area contributed by atoms with Crippen LogP contribution in [0.15, 0.2) is 60.8 Å². The zero-order valence-electron chi connectivity index (χ0n) is 15.3. The quantitative estimate of drug-likeness (QED) is 0.758. The molecular formula is C23H20N2O3. The number of amides is 1. The highest BCUT2D eigenvalue weighted by Crippen LogP contribution is 2.44. The van der Waals surface area contributed by atoms with Crippen LogP contribution in [0.1, 0.15) is 28.3 Å². The molecule has 5 rings (SSSR count). The first-order valence-corrected chi connectivity index (χ1v) is 9.47. The maximum Gasteiger partial charge on any atom is 0.414 e. The molecule has 3 aromatic rings. The van der Waals surface area contributed by atoms with E-state index in [1.54, 1.807) is 11.1 Å². The number of ether oxygens (including phenoxy) is 1. The number of pyridine rings is 1. The number of fused-ring (bicyclic) bond motifs is 4. The number of nitrogens with zero attached hydrogens (tertiary/aromatic N) is 2. The van der Waals surface area contributed by atoms with E-state index in [9.17, 15) is 9.90 Å². The van der Waals surface area contributed by atoms with E-state index in [1.807, 2.05) is 30.3 Å². The van der Waals surface area contributed by atoms with Crippen LogP contribution in [0.25, 0.3) is 11.1 Å². The fourth-order valence-corrected chi connectivity index (χ4v) is 4.24. The average molecular weight is 372 g/mol. The standard InChI is InChI=1S/C23H20N2O3/c26-13-15-11-22-21(24-12-15)9-10-25(22)23(27)28-14-20-18-7-3-1-5-16(18)17-6-2-4-8-19(17)20/h1-8,11-12,20,26H,9-10,13-14H2. The monoisotopic (exact) mass is 372 g/mol. The van der Waals surface area contributed by atoms with E-state index in [1.165, 1.54) is 22.3 Å². The Hall–Kier alpha value is -3.18. The Balaban J connectivity index is 1.37. The zero-order chi connectivity index (χ0) is 19.1. The van der Waals surface area contributed by atoms with E-state index >= 15 is 0 Å². The van der Waals surface area contributed by atoms with Crippen LogP contribution in [0, 0.1) is 0 Å². The predicted octanol–water partition coefficient (Wildman–Crippen LogP) is 3.89. The highest BCUT2D eigenvalue weighted by molar-refractivity contribution is 5.90. The Labute approximate surface area is 163 Å². The zero-order valence-corrected chi connectivity index (χ0v) is 15.3. The molecular weight excluding hydrogens is 352 g/mol. The number of hydrogen-bond donors (Lipinski definition) is 1. The normalized spacial score (nSPS) is 14.5. The molecule has 1 amide bonds. The van der Waals surface area contributed by atoms with Gasteiger partial charge in [-0.15, -0.1) is 0 Å². The minimum absolute atomic E-state index is 0.0420. The maximum absolute atomic E-state index is 12.8. The number of benzene rings is 2. The van der Waals surface area contributed by atoms with Crippen LogP contribution in [-0.4, -0.2) is 29.3 Å². The van der Waals surface area contributed by atoms with Crippen LogP contribution >= 0.6 is 0 Å². The molecule has 1 aromatic heterocycles. The van der Waals surface area contributed by atoms with Crippen molar-refractivity contribution >= 4 is 11.8 Å². The van der Waals surface area contributed by atoms with E-state index in [2.05, 4.69) is 29.2 Å². The van der Waals surface area contributed by atoms with Crippen LogP contribution in [0.5, 0.6) is 0 Å². The first-order valence-electron chi connectivity index (χ1n) is 9.47. The van der Waals surface area contributed by atoms with Gasteiger partial charge in [0.1, 0.15) is 6.61 Å². The van der Waals surface area contributed by atoms with Crippen LogP contribution in [0.4, 0.5) is 10.5 Å². The molecule has 0 saturated heterocycles. The minimum atomic E-state index is -0.363. The van der Waals surface area contributed by atoms with Crippen molar-refractivity contribution in [3.8, 4) is 11.1 Å². The summed E-state index contributed by atoms with van der Waals surface area (Å²) in [6, 6.07) is 18.4. The van der Waals surface area contributed by atoms with Crippen molar-refractivity contribution in [1.82, 2.24) is 4.98 Å². The van der Waals surface area contributed by atoms with Crippen molar-refractivity contribution in [2.45, 2.75) is 18.9 Å². The van der Waals surface area contributed by atoms with Gasteiger partial charge in [0.2, 0.25) is 0 Å². The summed E-state index contributed by atoms with van der Waals surface area (Å²) in [6.07, 6.45) is 1.99. The van der Waals surface area contributed by atoms with Gasteiger partial charge in [0, 0.05) is 25.1 Å². The summed E-state index contributed by atoms with van der Waals surface area (Å²) in [5.74, 6) is 0.0420. The lowest BCUT2D eigenvalue weighted by Crippen LogP contribution is -2.30. The lowest BCUT2D eigenvalue weighted by atomic mass is 9.98. The van der Waals surface area contributed by atoms with Gasteiger partial charge in [-0.2, -0.15) is 0 Å². The third-order valence-electron chi connectivity index (χ3n) is 5.61. The average Bonchev–Trinajstić information content (AvgIpc) is 3.31. The van der Waals surface area contributed by atoms with Crippen LogP contribution < -0.4 is 4.90 Å². The molecule has 0 saturated carbocycles. The first-order chi connectivity index (χ1) is 13.8. The molecule has 140 valence electrons. The summed E-state index contributed by atoms with van der Waals surface area (Å²) in [5.41, 5.74) is 7.11. The SMILES string of the molecule is O=C(OCC1c2ccccc2-c2ccccc21)N1CCc2ncc(CO)cc21. The molecule has 2 aliphatic rings. The third-order valence-corrected chi connectivity index (χ3v) is 5.61. The van der Waals surface area contributed by atoms with Crippen molar-refractivity contribution in [2.75, 3.05) is 18.1 Å². The third kappa shape index (κ3) is 2.67. The van der Waals surface area contributed by atoms with Crippen LogP contribution in [-0.2, 0) is 17.8 Å². The van der Waals surface area contributed by atoms with Gasteiger partial charge in [0.25, 0.3) is 0 Å².